The molecular formula is C19H19NO4S2. The number of thiophene rings is 1. The van der Waals surface area contributed by atoms with Crippen LogP contribution in [-0.2, 0) is 26.9 Å². The maximum absolute atomic E-state index is 12.9. The van der Waals surface area contributed by atoms with Crippen LogP contribution in [-0.4, -0.2) is 20.6 Å². The quantitative estimate of drug-likeness (QED) is 0.607. The number of methoxy groups -OCH3 is 1. The molecule has 0 fully saturated rings. The first-order valence-electron chi connectivity index (χ1n) is 7.91. The maximum Gasteiger partial charge on any atom is 0.243 e. The number of nitrogens with one attached hydrogen (secondary N) is 1. The third-order valence-electron chi connectivity index (χ3n) is 4.01. The minimum absolute atomic E-state index is 0.151. The molecule has 3 aromatic rings. The molecule has 1 unspecified atom stereocenters. The van der Waals surface area contributed by atoms with Crippen molar-refractivity contribution in [3.8, 4) is 5.75 Å². The van der Waals surface area contributed by atoms with Gasteiger partial charge in [0.05, 0.1) is 9.77 Å². The molecule has 3 rings (SSSR count). The summed E-state index contributed by atoms with van der Waals surface area (Å²) in [6.07, 6.45) is 0.274. The number of benzene rings is 2. The number of phenols is 1. The molecule has 0 aliphatic rings. The van der Waals surface area contributed by atoms with Gasteiger partial charge in [-0.2, -0.15) is 4.72 Å². The van der Waals surface area contributed by atoms with Crippen molar-refractivity contribution in [2.24, 2.45) is 0 Å². The Hall–Kier alpha value is -2.19. The predicted octanol–water partition coefficient (Wildman–Crippen LogP) is 3.47. The standard InChI is InChI=1S/C19H19NO4S2/c1-24-19(18-8-5-13-25-18,14-15-9-11-16(21)12-10-15)20-26(22,23)17-6-3-2-4-7-17/h2-13,20-21H,14H2,1H3. The summed E-state index contributed by atoms with van der Waals surface area (Å²) in [4.78, 5) is 0.913. The van der Waals surface area contributed by atoms with E-state index in [1.807, 2.05) is 17.5 Å². The van der Waals surface area contributed by atoms with Gasteiger partial charge in [0.25, 0.3) is 0 Å². The molecule has 2 N–H and O–H groups in total. The average molecular weight is 389 g/mol. The highest BCUT2D eigenvalue weighted by molar-refractivity contribution is 7.89. The zero-order valence-corrected chi connectivity index (χ0v) is 15.8. The lowest BCUT2D eigenvalue weighted by Crippen LogP contribution is -2.48. The molecule has 5 nitrogen and oxygen atoms in total. The number of phenolic OH excluding ortho intramolecular Hbond substituents is 1. The van der Waals surface area contributed by atoms with E-state index >= 15 is 0 Å². The van der Waals surface area contributed by atoms with Crippen LogP contribution in [0.2, 0.25) is 0 Å². The van der Waals surface area contributed by atoms with Gasteiger partial charge in [-0.3, -0.25) is 0 Å². The SMILES string of the molecule is COC(Cc1ccc(O)cc1)(NS(=O)(=O)c1ccccc1)c1cccs1. The predicted molar refractivity (Wildman–Crippen MR) is 102 cm³/mol. The Morgan fingerprint density at radius 1 is 1.04 bits per heavy atom. The molecule has 136 valence electrons. The van der Waals surface area contributed by atoms with Crippen molar-refractivity contribution in [1.82, 2.24) is 4.72 Å². The van der Waals surface area contributed by atoms with Gasteiger partial charge >= 0.3 is 0 Å². The fourth-order valence-corrected chi connectivity index (χ4v) is 4.93. The van der Waals surface area contributed by atoms with E-state index in [4.69, 9.17) is 4.74 Å². The van der Waals surface area contributed by atoms with E-state index in [1.165, 1.54) is 30.6 Å². The molecule has 7 heteroatoms. The van der Waals surface area contributed by atoms with Crippen LogP contribution < -0.4 is 4.72 Å². The molecule has 2 aromatic carbocycles. The number of ether oxygens (including phenoxy) is 1. The highest BCUT2D eigenvalue weighted by Crippen LogP contribution is 2.32. The summed E-state index contributed by atoms with van der Waals surface area (Å²) in [5, 5.41) is 11.4. The molecule has 0 saturated heterocycles. The average Bonchev–Trinajstić information content (AvgIpc) is 3.19. The molecule has 0 aliphatic carbocycles. The van der Waals surface area contributed by atoms with Gasteiger partial charge in [0.1, 0.15) is 5.75 Å². The van der Waals surface area contributed by atoms with Crippen molar-refractivity contribution in [1.29, 1.82) is 0 Å². The maximum atomic E-state index is 12.9. The number of sulfonamides is 1. The third kappa shape index (κ3) is 3.96. The second-order valence-corrected chi connectivity index (χ2v) is 8.40. The van der Waals surface area contributed by atoms with Crippen LogP contribution in [0.25, 0.3) is 0 Å². The number of rotatable bonds is 7. The van der Waals surface area contributed by atoms with Gasteiger partial charge in [-0.1, -0.05) is 36.4 Å². The zero-order valence-electron chi connectivity index (χ0n) is 14.1. The van der Waals surface area contributed by atoms with Crippen LogP contribution in [0, 0.1) is 0 Å². The van der Waals surface area contributed by atoms with E-state index in [2.05, 4.69) is 4.72 Å². The molecule has 0 spiro atoms. The summed E-state index contributed by atoms with van der Waals surface area (Å²) in [6, 6.07) is 18.5. The molecule has 1 atom stereocenters. The summed E-state index contributed by atoms with van der Waals surface area (Å²) in [6.45, 7) is 0. The van der Waals surface area contributed by atoms with E-state index in [0.717, 1.165) is 10.4 Å². The first kappa shape index (κ1) is 18.6. The molecular weight excluding hydrogens is 370 g/mol. The number of hydrogen-bond donors (Lipinski definition) is 2. The van der Waals surface area contributed by atoms with Crippen LogP contribution in [0.1, 0.15) is 10.4 Å². The second kappa shape index (κ2) is 7.59. The summed E-state index contributed by atoms with van der Waals surface area (Å²) >= 11 is 1.41. The topological polar surface area (TPSA) is 75.6 Å². The molecule has 1 heterocycles. The van der Waals surface area contributed by atoms with Gasteiger partial charge < -0.3 is 9.84 Å². The molecule has 0 radical (unpaired) electrons. The van der Waals surface area contributed by atoms with Gasteiger partial charge in [0, 0.05) is 13.5 Å². The van der Waals surface area contributed by atoms with Crippen molar-refractivity contribution in [3.05, 3.63) is 82.6 Å². The van der Waals surface area contributed by atoms with Crippen molar-refractivity contribution in [2.45, 2.75) is 17.0 Å². The van der Waals surface area contributed by atoms with Crippen LogP contribution in [0.3, 0.4) is 0 Å². The van der Waals surface area contributed by atoms with Crippen molar-refractivity contribution >= 4 is 21.4 Å². The summed E-state index contributed by atoms with van der Waals surface area (Å²) in [5.74, 6) is 0.151. The first-order chi connectivity index (χ1) is 12.5. The van der Waals surface area contributed by atoms with Crippen molar-refractivity contribution in [2.75, 3.05) is 7.11 Å². The van der Waals surface area contributed by atoms with Crippen molar-refractivity contribution < 1.29 is 18.3 Å². The number of aromatic hydroxyl groups is 1. The third-order valence-corrected chi connectivity index (χ3v) is 6.51. The Morgan fingerprint density at radius 3 is 2.31 bits per heavy atom. The molecule has 0 saturated carbocycles. The van der Waals surface area contributed by atoms with E-state index in [1.54, 1.807) is 42.5 Å². The minimum Gasteiger partial charge on any atom is -0.508 e. The van der Waals surface area contributed by atoms with Gasteiger partial charge in [0.15, 0.2) is 5.72 Å². The lowest BCUT2D eigenvalue weighted by Gasteiger charge is -2.32. The summed E-state index contributed by atoms with van der Waals surface area (Å²) in [7, 11) is -2.32. The Labute approximate surface area is 156 Å². The smallest absolute Gasteiger partial charge is 0.243 e. The van der Waals surface area contributed by atoms with Crippen molar-refractivity contribution in [3.63, 3.8) is 0 Å². The summed E-state index contributed by atoms with van der Waals surface area (Å²) in [5.41, 5.74) is -0.423. The van der Waals surface area contributed by atoms with Crippen LogP contribution in [0.5, 0.6) is 5.75 Å². The molecule has 0 aliphatic heterocycles. The normalized spacial score (nSPS) is 14.0. The van der Waals surface area contributed by atoms with E-state index in [9.17, 15) is 13.5 Å². The molecule has 26 heavy (non-hydrogen) atoms. The van der Waals surface area contributed by atoms with Crippen LogP contribution in [0.4, 0.5) is 0 Å². The van der Waals surface area contributed by atoms with Crippen LogP contribution >= 0.6 is 11.3 Å². The van der Waals surface area contributed by atoms with E-state index in [0.29, 0.717) is 0 Å². The minimum atomic E-state index is -3.80. The first-order valence-corrected chi connectivity index (χ1v) is 10.3. The van der Waals surface area contributed by atoms with E-state index < -0.39 is 15.7 Å². The highest BCUT2D eigenvalue weighted by atomic mass is 32.2. The fourth-order valence-electron chi connectivity index (χ4n) is 2.67. The Bertz CT molecular complexity index is 939. The lowest BCUT2D eigenvalue weighted by molar-refractivity contribution is -0.0219. The largest absolute Gasteiger partial charge is 0.508 e. The van der Waals surface area contributed by atoms with E-state index in [-0.39, 0.29) is 17.1 Å². The summed E-state index contributed by atoms with van der Waals surface area (Å²) < 4.78 is 34.3. The Kier molecular flexibility index (Phi) is 5.43. The molecule has 0 amide bonds. The second-order valence-electron chi connectivity index (χ2n) is 5.77. The Balaban J connectivity index is 2.02. The van der Waals surface area contributed by atoms with Crippen LogP contribution in [0.15, 0.2) is 77.0 Å². The lowest BCUT2D eigenvalue weighted by atomic mass is 10.0. The zero-order chi connectivity index (χ0) is 18.6. The fraction of sp³-hybridized carbons (Fsp3) is 0.158. The highest BCUT2D eigenvalue weighted by Gasteiger charge is 2.38. The molecule has 0 bridgehead atoms. The monoisotopic (exact) mass is 389 g/mol. The number of hydrogen-bond acceptors (Lipinski definition) is 5. The van der Waals surface area contributed by atoms with Gasteiger partial charge in [-0.15, -0.1) is 11.3 Å². The van der Waals surface area contributed by atoms with Gasteiger partial charge in [-0.05, 0) is 41.3 Å². The Morgan fingerprint density at radius 2 is 1.73 bits per heavy atom. The molecule has 1 aromatic heterocycles. The van der Waals surface area contributed by atoms with Gasteiger partial charge in [-0.25, -0.2) is 8.42 Å². The van der Waals surface area contributed by atoms with Gasteiger partial charge in [0.2, 0.25) is 10.0 Å².